The smallest absolute Gasteiger partial charge is 0.359 e. The molecular formula is C13H8Cl2N4O4S. The Labute approximate surface area is 146 Å². The Balaban J connectivity index is 2.14. The van der Waals surface area contributed by atoms with Gasteiger partial charge in [0, 0.05) is 5.39 Å². The van der Waals surface area contributed by atoms with Crippen molar-refractivity contribution in [2.45, 2.75) is 0 Å². The van der Waals surface area contributed by atoms with Gasteiger partial charge < -0.3 is 9.50 Å². The van der Waals surface area contributed by atoms with Crippen molar-refractivity contribution in [1.82, 2.24) is 15.0 Å². The van der Waals surface area contributed by atoms with Gasteiger partial charge in [-0.3, -0.25) is 4.55 Å². The van der Waals surface area contributed by atoms with Crippen molar-refractivity contribution in [2.24, 2.45) is 0 Å². The average molecular weight is 387 g/mol. The minimum absolute atomic E-state index is 0.0181. The summed E-state index contributed by atoms with van der Waals surface area (Å²) in [6, 6.07) is 10.1. The number of rotatable bonds is 4. The third-order valence-electron chi connectivity index (χ3n) is 2.90. The number of benzene rings is 2. The van der Waals surface area contributed by atoms with Crippen molar-refractivity contribution < 1.29 is 17.2 Å². The molecule has 0 amide bonds. The standard InChI is InChI=1S/C13H8Cl2N4O4S/c14-11-17-12(15)19-13(18-11)16-9-6-5-7-3-1-2-4-8(7)10(9)23-24(20,21)22/h1-6H,(H,20,21,22)(H,16,17,18,19). The summed E-state index contributed by atoms with van der Waals surface area (Å²) >= 11 is 11.4. The molecule has 0 aliphatic heterocycles. The van der Waals surface area contributed by atoms with Crippen LogP contribution in [-0.4, -0.2) is 27.9 Å². The van der Waals surface area contributed by atoms with Crippen molar-refractivity contribution in [3.05, 3.63) is 47.0 Å². The molecule has 1 aromatic heterocycles. The number of nitrogens with zero attached hydrogens (tertiary/aromatic N) is 3. The molecule has 8 nitrogen and oxygen atoms in total. The summed E-state index contributed by atoms with van der Waals surface area (Å²) in [5.41, 5.74) is 0.185. The molecule has 0 fully saturated rings. The molecule has 0 saturated heterocycles. The van der Waals surface area contributed by atoms with E-state index in [0.717, 1.165) is 0 Å². The Morgan fingerprint density at radius 3 is 2.33 bits per heavy atom. The Bertz CT molecular complexity index is 1010. The summed E-state index contributed by atoms with van der Waals surface area (Å²) in [6.07, 6.45) is 0. The molecule has 24 heavy (non-hydrogen) atoms. The van der Waals surface area contributed by atoms with E-state index in [0.29, 0.717) is 10.8 Å². The van der Waals surface area contributed by atoms with E-state index >= 15 is 0 Å². The van der Waals surface area contributed by atoms with Crippen molar-refractivity contribution in [3.63, 3.8) is 0 Å². The van der Waals surface area contributed by atoms with Gasteiger partial charge in [0.15, 0.2) is 5.75 Å². The van der Waals surface area contributed by atoms with Crippen LogP contribution in [0.1, 0.15) is 0 Å². The molecule has 0 aliphatic rings. The normalized spacial score (nSPS) is 11.5. The Kier molecular flexibility index (Phi) is 4.41. The van der Waals surface area contributed by atoms with Crippen LogP contribution in [0, 0.1) is 0 Å². The zero-order valence-electron chi connectivity index (χ0n) is 11.6. The Morgan fingerprint density at radius 1 is 1.00 bits per heavy atom. The number of hydrogen-bond acceptors (Lipinski definition) is 7. The van der Waals surface area contributed by atoms with E-state index in [2.05, 4.69) is 20.3 Å². The monoisotopic (exact) mass is 386 g/mol. The number of anilines is 2. The molecule has 0 unspecified atom stereocenters. The van der Waals surface area contributed by atoms with Crippen LogP contribution in [0.15, 0.2) is 36.4 Å². The second-order valence-electron chi connectivity index (χ2n) is 4.50. The van der Waals surface area contributed by atoms with Gasteiger partial charge in [0.25, 0.3) is 0 Å². The van der Waals surface area contributed by atoms with Crippen LogP contribution in [0.2, 0.25) is 10.6 Å². The fourth-order valence-electron chi connectivity index (χ4n) is 2.04. The maximum absolute atomic E-state index is 11.2. The summed E-state index contributed by atoms with van der Waals surface area (Å²) < 4.78 is 36.1. The minimum Gasteiger partial charge on any atom is -0.359 e. The molecule has 2 N–H and O–H groups in total. The number of fused-ring (bicyclic) bond motifs is 1. The molecule has 0 spiro atoms. The molecule has 1 heterocycles. The molecule has 3 aromatic rings. The highest BCUT2D eigenvalue weighted by atomic mass is 35.5. The van der Waals surface area contributed by atoms with E-state index in [1.54, 1.807) is 30.3 Å². The summed E-state index contributed by atoms with van der Waals surface area (Å²) in [5, 5.41) is 3.60. The average Bonchev–Trinajstić information content (AvgIpc) is 2.47. The van der Waals surface area contributed by atoms with Crippen molar-refractivity contribution in [2.75, 3.05) is 5.32 Å². The van der Waals surface area contributed by atoms with Crippen LogP contribution >= 0.6 is 23.2 Å². The number of nitrogens with one attached hydrogen (secondary N) is 1. The molecule has 2 aromatic carbocycles. The minimum atomic E-state index is -4.75. The Morgan fingerprint density at radius 2 is 1.67 bits per heavy atom. The number of hydrogen-bond donors (Lipinski definition) is 2. The zero-order valence-corrected chi connectivity index (χ0v) is 14.0. The molecule has 3 rings (SSSR count). The maximum atomic E-state index is 11.2. The lowest BCUT2D eigenvalue weighted by Gasteiger charge is -2.13. The van der Waals surface area contributed by atoms with Gasteiger partial charge in [-0.15, -0.1) is 0 Å². The van der Waals surface area contributed by atoms with Crippen LogP contribution in [0.4, 0.5) is 11.6 Å². The first-order valence-electron chi connectivity index (χ1n) is 6.34. The third-order valence-corrected chi connectivity index (χ3v) is 3.61. The van der Waals surface area contributed by atoms with Gasteiger partial charge in [0.1, 0.15) is 0 Å². The predicted octanol–water partition coefficient (Wildman–Crippen LogP) is 3.26. The topological polar surface area (TPSA) is 114 Å². The van der Waals surface area contributed by atoms with E-state index < -0.39 is 10.4 Å². The summed E-state index contributed by atoms with van der Waals surface area (Å²) in [4.78, 5) is 11.3. The molecule has 124 valence electrons. The number of halogens is 2. The van der Waals surface area contributed by atoms with Gasteiger partial charge in [-0.25, -0.2) is 0 Å². The van der Waals surface area contributed by atoms with Gasteiger partial charge >= 0.3 is 10.4 Å². The highest BCUT2D eigenvalue weighted by Crippen LogP contribution is 2.36. The van der Waals surface area contributed by atoms with Gasteiger partial charge in [-0.1, -0.05) is 30.3 Å². The maximum Gasteiger partial charge on any atom is 0.446 e. The van der Waals surface area contributed by atoms with E-state index in [-0.39, 0.29) is 28.0 Å². The van der Waals surface area contributed by atoms with E-state index in [4.69, 9.17) is 31.9 Å². The van der Waals surface area contributed by atoms with Gasteiger partial charge in [-0.2, -0.15) is 23.4 Å². The third kappa shape index (κ3) is 3.82. The summed E-state index contributed by atoms with van der Waals surface area (Å²) in [7, 11) is -4.75. The first-order chi connectivity index (χ1) is 11.3. The SMILES string of the molecule is O=S(=O)(O)Oc1c(Nc2nc(Cl)nc(Cl)n2)ccc2ccccc12. The fraction of sp³-hybridized carbons (Fsp3) is 0. The zero-order chi connectivity index (χ0) is 17.3. The number of aromatic nitrogens is 3. The van der Waals surface area contributed by atoms with E-state index in [1.165, 1.54) is 6.07 Å². The lowest BCUT2D eigenvalue weighted by Crippen LogP contribution is -2.09. The van der Waals surface area contributed by atoms with Crippen molar-refractivity contribution in [3.8, 4) is 5.75 Å². The van der Waals surface area contributed by atoms with Crippen LogP contribution in [0.5, 0.6) is 5.75 Å². The first kappa shape index (κ1) is 16.7. The quantitative estimate of drug-likeness (QED) is 0.656. The summed E-state index contributed by atoms with van der Waals surface area (Å²) in [6.45, 7) is 0. The Hall–Kier alpha value is -2.20. The molecule has 0 atom stereocenters. The molecule has 0 bridgehead atoms. The van der Waals surface area contributed by atoms with Crippen LogP contribution < -0.4 is 9.50 Å². The van der Waals surface area contributed by atoms with Gasteiger partial charge in [0.05, 0.1) is 5.69 Å². The van der Waals surface area contributed by atoms with Crippen molar-refractivity contribution >= 4 is 56.0 Å². The predicted molar refractivity (Wildman–Crippen MR) is 89.3 cm³/mol. The highest BCUT2D eigenvalue weighted by Gasteiger charge is 2.17. The highest BCUT2D eigenvalue weighted by molar-refractivity contribution is 7.81. The molecule has 11 heteroatoms. The molecule has 0 aliphatic carbocycles. The van der Waals surface area contributed by atoms with Gasteiger partial charge in [0.2, 0.25) is 16.5 Å². The molecular weight excluding hydrogens is 379 g/mol. The van der Waals surface area contributed by atoms with Crippen molar-refractivity contribution in [1.29, 1.82) is 0 Å². The van der Waals surface area contributed by atoms with E-state index in [9.17, 15) is 8.42 Å². The second-order valence-corrected chi connectivity index (χ2v) is 6.19. The molecule has 0 saturated carbocycles. The molecule has 0 radical (unpaired) electrons. The largest absolute Gasteiger partial charge is 0.446 e. The first-order valence-corrected chi connectivity index (χ1v) is 8.47. The lowest BCUT2D eigenvalue weighted by atomic mass is 10.1. The summed E-state index contributed by atoms with van der Waals surface area (Å²) in [5.74, 6) is -0.140. The van der Waals surface area contributed by atoms with Gasteiger partial charge in [-0.05, 0) is 34.7 Å². The van der Waals surface area contributed by atoms with Crippen LogP contribution in [0.3, 0.4) is 0 Å². The lowest BCUT2D eigenvalue weighted by molar-refractivity contribution is 0.389. The fourth-order valence-corrected chi connectivity index (χ4v) is 2.79. The van der Waals surface area contributed by atoms with E-state index in [1.807, 2.05) is 0 Å². The van der Waals surface area contributed by atoms with Crippen LogP contribution in [-0.2, 0) is 10.4 Å². The second kappa shape index (κ2) is 6.36. The van der Waals surface area contributed by atoms with Crippen LogP contribution in [0.25, 0.3) is 10.8 Å².